The molecule has 0 amide bonds. The van der Waals surface area contributed by atoms with E-state index < -0.39 is 67.9 Å². The Bertz CT molecular complexity index is 2220. The van der Waals surface area contributed by atoms with E-state index >= 15 is 0 Å². The smallest absolute Gasteiger partial charge is 0.448 e. The summed E-state index contributed by atoms with van der Waals surface area (Å²) in [6.07, 6.45) is -5.04. The van der Waals surface area contributed by atoms with E-state index in [1.165, 1.54) is 30.3 Å². The summed E-state index contributed by atoms with van der Waals surface area (Å²) in [6.45, 7) is -0.942. The van der Waals surface area contributed by atoms with Gasteiger partial charge < -0.3 is 25.5 Å². The minimum atomic E-state index is -5.04. The van der Waals surface area contributed by atoms with Crippen molar-refractivity contribution in [1.29, 1.82) is 0 Å². The second-order valence-electron chi connectivity index (χ2n) is 9.78. The van der Waals surface area contributed by atoms with Crippen LogP contribution in [0.4, 0.5) is 13.2 Å². The first-order valence-electron chi connectivity index (χ1n) is 12.7. The third-order valence-corrected chi connectivity index (χ3v) is 9.10. The van der Waals surface area contributed by atoms with E-state index in [9.17, 15) is 42.9 Å². The van der Waals surface area contributed by atoms with Crippen molar-refractivity contribution in [2.24, 2.45) is 10.7 Å². The van der Waals surface area contributed by atoms with Gasteiger partial charge in [0.05, 0.1) is 48.3 Å². The van der Waals surface area contributed by atoms with Crippen molar-refractivity contribution in [1.82, 2.24) is 0 Å². The quantitative estimate of drug-likeness (QED) is 0.0440. The summed E-state index contributed by atoms with van der Waals surface area (Å²) in [5.41, 5.74) is 2.42. The molecular weight excluding hydrogens is 735 g/mol. The van der Waals surface area contributed by atoms with Gasteiger partial charge in [-0.25, -0.2) is 9.59 Å². The van der Waals surface area contributed by atoms with E-state index in [1.54, 1.807) is 0 Å². The van der Waals surface area contributed by atoms with Gasteiger partial charge in [0.1, 0.15) is 17.1 Å². The first-order valence-corrected chi connectivity index (χ1v) is 14.6. The van der Waals surface area contributed by atoms with Gasteiger partial charge in [-0.2, -0.15) is 13.2 Å². The van der Waals surface area contributed by atoms with Gasteiger partial charge in [-0.15, -0.1) is 0 Å². The van der Waals surface area contributed by atoms with E-state index in [1.807, 2.05) is 0 Å². The van der Waals surface area contributed by atoms with Gasteiger partial charge in [-0.05, 0) is 29.8 Å². The van der Waals surface area contributed by atoms with Crippen LogP contribution in [0.25, 0.3) is 44.5 Å². The lowest BCUT2D eigenvalue weighted by Gasteiger charge is -2.22. The molecule has 0 spiro atoms. The third kappa shape index (κ3) is 6.03. The van der Waals surface area contributed by atoms with Crippen LogP contribution in [-0.2, 0) is 6.54 Å². The average molecular weight is 749 g/mol. The van der Waals surface area contributed by atoms with E-state index in [0.717, 1.165) is 12.1 Å². The number of aromatic carboxylic acids is 2. The largest absolute Gasteiger partial charge is 0.507 e. The zero-order chi connectivity index (χ0) is 34.7. The fourth-order valence-corrected chi connectivity index (χ4v) is 6.02. The zero-order valence-electron chi connectivity index (χ0n) is 22.8. The van der Waals surface area contributed by atoms with Crippen LogP contribution in [0.15, 0.2) is 56.7 Å². The second kappa shape index (κ2) is 12.4. The molecular formula is C30H14Cl5F3N2O7. The number of carbonyl (C=O) groups is 2. The first-order chi connectivity index (χ1) is 21.9. The van der Waals surface area contributed by atoms with Gasteiger partial charge in [-0.3, -0.25) is 9.79 Å². The number of hydrogen-bond donors (Lipinski definition) is 4. The second-order valence-corrected chi connectivity index (χ2v) is 11.7. The Labute approximate surface area is 285 Å². The van der Waals surface area contributed by atoms with Gasteiger partial charge in [0, 0.05) is 33.7 Å². The maximum Gasteiger partial charge on any atom is 0.448 e. The fourth-order valence-electron chi connectivity index (χ4n) is 4.83. The number of halogens is 8. The molecule has 0 atom stereocenters. The molecule has 1 aliphatic carbocycles. The van der Waals surface area contributed by atoms with Crippen molar-refractivity contribution < 1.29 is 42.5 Å². The molecule has 0 bridgehead atoms. The number of nitrogens with two attached hydrogens (primary N) is 1. The molecule has 1 aliphatic heterocycles. The molecule has 0 radical (unpaired) electrons. The predicted molar refractivity (Wildman–Crippen MR) is 172 cm³/mol. The summed E-state index contributed by atoms with van der Waals surface area (Å²) in [4.78, 5) is 40.0. The van der Waals surface area contributed by atoms with Crippen LogP contribution < -0.4 is 11.2 Å². The Hall–Kier alpha value is -4.20. The van der Waals surface area contributed by atoms with Crippen molar-refractivity contribution in [3.63, 3.8) is 0 Å². The number of phenols is 1. The summed E-state index contributed by atoms with van der Waals surface area (Å²) in [6, 6.07) is 8.39. The van der Waals surface area contributed by atoms with Gasteiger partial charge in [-0.1, -0.05) is 70.1 Å². The van der Waals surface area contributed by atoms with Gasteiger partial charge in [0.25, 0.3) is 0 Å². The maximum absolute atomic E-state index is 13.3. The summed E-state index contributed by atoms with van der Waals surface area (Å²) in [5.74, 6) is -5.55. The minimum absolute atomic E-state index is 0.0249. The molecule has 9 nitrogen and oxygen atoms in total. The Balaban J connectivity index is 2.06. The molecule has 5 rings (SSSR count). The lowest BCUT2D eigenvalue weighted by atomic mass is 9.87. The molecule has 0 unspecified atom stereocenters. The highest BCUT2D eigenvalue weighted by Gasteiger charge is 2.34. The molecule has 1 heterocycles. The van der Waals surface area contributed by atoms with E-state index in [0.29, 0.717) is 0 Å². The molecule has 5 N–H and O–H groups in total. The van der Waals surface area contributed by atoms with Crippen molar-refractivity contribution in [2.75, 3.05) is 0 Å². The predicted octanol–water partition coefficient (Wildman–Crippen LogP) is 9.02. The number of aromatic hydroxyl groups is 1. The molecule has 2 aliphatic rings. The number of rotatable bonds is 6. The first kappa shape index (κ1) is 34.1. The average Bonchev–Trinajstić information content (AvgIpc) is 3.00. The Kier molecular flexibility index (Phi) is 9.03. The number of hydrogen-bond acceptors (Lipinski definition) is 6. The summed E-state index contributed by atoms with van der Waals surface area (Å²) >= 11 is 31.7. The lowest BCUT2D eigenvalue weighted by Crippen LogP contribution is -2.31. The minimum Gasteiger partial charge on any atom is -0.507 e. The van der Waals surface area contributed by atoms with Crippen LogP contribution in [0.1, 0.15) is 26.3 Å². The fraction of sp³-hybridized carbons (Fsp3) is 0.0667. The lowest BCUT2D eigenvalue weighted by molar-refractivity contribution is -0.0601. The molecule has 0 fully saturated rings. The topological polar surface area (TPSA) is 163 Å². The van der Waals surface area contributed by atoms with Crippen molar-refractivity contribution >= 4 is 86.7 Å². The SMILES string of the molecule is NC(=NCc1c(O)c(-c2ccc(C(=O)O)cc2)cc2c(-c3c(Cl)c(Cl)c(Cl)c(Cl)c3C(=O)O)c3cc(Cl)c(=O)cc-3oc12)C(F)(F)F. The standard InChI is InChI=1S/C30H14Cl5F3N2O7/c31-15-6-12-17(7-16(15)41)47-26-13(18(12)19-20(28(45)46)22(33)24(35)23(34)21(19)32)5-11(9-1-3-10(4-2-9)27(43)44)25(42)14(26)8-40-29(39)30(36,37)38/h1-7,42H,8H2,(H2,39,40)(H,43,44)(H,45,46). The number of nitrogens with zero attached hydrogens (tertiary/aromatic N) is 1. The number of carboxylic acids is 2. The number of amidine groups is 1. The Morgan fingerprint density at radius 2 is 1.47 bits per heavy atom. The summed E-state index contributed by atoms with van der Waals surface area (Å²) in [5, 5.41) is 28.9. The van der Waals surface area contributed by atoms with Crippen molar-refractivity contribution in [3.8, 4) is 39.3 Å². The third-order valence-electron chi connectivity index (χ3n) is 7.00. The number of fused-ring (bicyclic) bond motifs is 2. The molecule has 0 saturated heterocycles. The highest BCUT2D eigenvalue weighted by molar-refractivity contribution is 6.54. The number of alkyl halides is 3. The number of aliphatic imine (C=N–C) groups is 1. The highest BCUT2D eigenvalue weighted by atomic mass is 35.5. The van der Waals surface area contributed by atoms with Crippen LogP contribution in [0.5, 0.6) is 5.75 Å². The molecule has 0 aromatic heterocycles. The number of carboxylic acid groups (broad SMARTS) is 2. The monoisotopic (exact) mass is 746 g/mol. The zero-order valence-corrected chi connectivity index (χ0v) is 26.6. The van der Waals surface area contributed by atoms with Crippen LogP contribution in [-0.4, -0.2) is 39.3 Å². The van der Waals surface area contributed by atoms with Crippen molar-refractivity contribution in [2.45, 2.75) is 12.7 Å². The van der Waals surface area contributed by atoms with Crippen LogP contribution in [0.2, 0.25) is 25.1 Å². The Morgan fingerprint density at radius 3 is 2.04 bits per heavy atom. The molecule has 47 heavy (non-hydrogen) atoms. The van der Waals surface area contributed by atoms with Crippen LogP contribution >= 0.6 is 58.0 Å². The van der Waals surface area contributed by atoms with E-state index in [2.05, 4.69) is 4.99 Å². The highest BCUT2D eigenvalue weighted by Crippen LogP contribution is 2.53. The Morgan fingerprint density at radius 1 is 0.851 bits per heavy atom. The normalized spacial score (nSPS) is 12.2. The number of phenolic OH excluding ortho intramolecular Hbond substituents is 1. The van der Waals surface area contributed by atoms with E-state index in [-0.39, 0.29) is 60.2 Å². The molecule has 3 aromatic rings. The molecule has 0 saturated carbocycles. The van der Waals surface area contributed by atoms with E-state index in [4.69, 9.17) is 68.2 Å². The molecule has 17 heteroatoms. The van der Waals surface area contributed by atoms with Gasteiger partial charge in [0.2, 0.25) is 11.3 Å². The van der Waals surface area contributed by atoms with Crippen molar-refractivity contribution in [3.05, 3.63) is 94.5 Å². The van der Waals surface area contributed by atoms with Crippen LogP contribution in [0, 0.1) is 0 Å². The van der Waals surface area contributed by atoms with Gasteiger partial charge in [0.15, 0.2) is 0 Å². The maximum atomic E-state index is 13.3. The van der Waals surface area contributed by atoms with Gasteiger partial charge >= 0.3 is 18.1 Å². The molecule has 242 valence electrons. The number of benzene rings is 4. The van der Waals surface area contributed by atoms with Crippen LogP contribution in [0.3, 0.4) is 0 Å². The summed E-state index contributed by atoms with van der Waals surface area (Å²) in [7, 11) is 0. The summed E-state index contributed by atoms with van der Waals surface area (Å²) < 4.78 is 45.9. The molecule has 3 aromatic carbocycles.